The van der Waals surface area contributed by atoms with E-state index in [1.54, 1.807) is 30.4 Å². The molecule has 2 rings (SSSR count). The van der Waals surface area contributed by atoms with Crippen LogP contribution < -0.4 is 0 Å². The van der Waals surface area contributed by atoms with Gasteiger partial charge >= 0.3 is 0 Å². The van der Waals surface area contributed by atoms with Gasteiger partial charge in [0.25, 0.3) is 0 Å². The fourth-order valence-electron chi connectivity index (χ4n) is 0.852. The second-order valence-electron chi connectivity index (χ2n) is 2.07. The highest BCUT2D eigenvalue weighted by atomic mass is 32.2. The van der Waals surface area contributed by atoms with Crippen molar-refractivity contribution in [2.45, 2.75) is 4.90 Å². The molecular weight excluding hydrogens is 156 g/mol. The lowest BCUT2D eigenvalue weighted by Crippen LogP contribution is -1.87. The van der Waals surface area contributed by atoms with Crippen LogP contribution in [0.5, 0.6) is 0 Å². The van der Waals surface area contributed by atoms with Crippen LogP contribution in [-0.4, -0.2) is 11.2 Å². The molecule has 0 aliphatic carbocycles. The highest BCUT2D eigenvalue weighted by Gasteiger charge is 2.00. The topological polar surface area (TPSA) is 25.2 Å². The summed E-state index contributed by atoms with van der Waals surface area (Å²) in [7, 11) is 0. The molecule has 0 saturated carbocycles. The Bertz CT molecular complexity index is 318. The third kappa shape index (κ3) is 1.33. The predicted octanol–water partition coefficient (Wildman–Crippen LogP) is 2.08. The normalized spacial score (nSPS) is 14.2. The van der Waals surface area contributed by atoms with E-state index in [2.05, 4.69) is 9.98 Å². The van der Waals surface area contributed by atoms with Crippen LogP contribution in [0, 0.1) is 0 Å². The number of aromatic nitrogens is 1. The average molecular weight is 162 g/mol. The van der Waals surface area contributed by atoms with E-state index < -0.39 is 0 Å². The summed E-state index contributed by atoms with van der Waals surface area (Å²) in [6.07, 6.45) is 5.31. The molecule has 1 aliphatic rings. The zero-order chi connectivity index (χ0) is 7.52. The molecule has 0 atom stereocenters. The maximum atomic E-state index is 4.17. The molecule has 2 nitrogen and oxygen atoms in total. The third-order valence-corrected chi connectivity index (χ3v) is 2.20. The van der Waals surface area contributed by atoms with Gasteiger partial charge in [-0.1, -0.05) is 11.8 Å². The molecule has 0 radical (unpaired) electrons. The molecule has 11 heavy (non-hydrogen) atoms. The Morgan fingerprint density at radius 2 is 2.36 bits per heavy atom. The second kappa shape index (κ2) is 2.88. The molecule has 0 spiro atoms. The molecule has 1 aromatic rings. The van der Waals surface area contributed by atoms with Crippen molar-refractivity contribution in [2.75, 3.05) is 0 Å². The molecule has 0 unspecified atom stereocenters. The summed E-state index contributed by atoms with van der Waals surface area (Å²) >= 11 is 1.64. The van der Waals surface area contributed by atoms with Gasteiger partial charge in [0.2, 0.25) is 0 Å². The van der Waals surface area contributed by atoms with E-state index in [0.29, 0.717) is 0 Å². The Hall–Kier alpha value is -1.09. The van der Waals surface area contributed by atoms with Gasteiger partial charge in [-0.15, -0.1) is 0 Å². The molecule has 1 aliphatic heterocycles. The van der Waals surface area contributed by atoms with Gasteiger partial charge in [-0.2, -0.15) is 0 Å². The Labute approximate surface area is 69.1 Å². The molecule has 0 amide bonds. The summed E-state index contributed by atoms with van der Waals surface area (Å²) in [4.78, 5) is 9.35. The molecule has 0 bridgehead atoms. The first kappa shape index (κ1) is 6.61. The Kier molecular flexibility index (Phi) is 1.73. The van der Waals surface area contributed by atoms with Gasteiger partial charge in [0.05, 0.1) is 11.9 Å². The molecule has 0 N–H and O–H groups in total. The molecule has 3 heteroatoms. The maximum absolute atomic E-state index is 4.17. The van der Waals surface area contributed by atoms with Crippen molar-refractivity contribution in [2.24, 2.45) is 4.99 Å². The maximum Gasteiger partial charge on any atom is 0.0951 e. The van der Waals surface area contributed by atoms with Crippen molar-refractivity contribution in [1.82, 2.24) is 4.98 Å². The lowest BCUT2D eigenvalue weighted by Gasteiger charge is -1.96. The van der Waals surface area contributed by atoms with Crippen molar-refractivity contribution in [3.8, 4) is 0 Å². The number of rotatable bonds is 0. The second-order valence-corrected chi connectivity index (χ2v) is 3.02. The van der Waals surface area contributed by atoms with E-state index in [4.69, 9.17) is 0 Å². The lowest BCUT2D eigenvalue weighted by atomic mass is 10.4. The van der Waals surface area contributed by atoms with Gasteiger partial charge in [0, 0.05) is 17.3 Å². The highest BCUT2D eigenvalue weighted by Crippen LogP contribution is 2.22. The number of aliphatic imine (C=N–C) groups is 1. The van der Waals surface area contributed by atoms with Crippen LogP contribution in [0.25, 0.3) is 0 Å². The molecule has 0 aromatic carbocycles. The van der Waals surface area contributed by atoms with Crippen molar-refractivity contribution in [1.29, 1.82) is 0 Å². The summed E-state index contributed by atoms with van der Waals surface area (Å²) in [5.74, 6) is 0. The summed E-state index contributed by atoms with van der Waals surface area (Å²) in [6, 6.07) is 3.97. The number of nitrogens with zero attached hydrogens (tertiary/aromatic N) is 2. The van der Waals surface area contributed by atoms with Crippen molar-refractivity contribution >= 4 is 18.0 Å². The number of thioether (sulfide) groups is 1. The fraction of sp³-hybridized carbons (Fsp3) is 0. The predicted molar refractivity (Wildman–Crippen MR) is 46.8 cm³/mol. The summed E-state index contributed by atoms with van der Waals surface area (Å²) < 4.78 is 0. The average Bonchev–Trinajstić information content (AvgIpc) is 2.28. The van der Waals surface area contributed by atoms with Gasteiger partial charge in [0.1, 0.15) is 0 Å². The number of pyridine rings is 1. The molecular formula is C8H6N2S. The zero-order valence-corrected chi connectivity index (χ0v) is 6.58. The Morgan fingerprint density at radius 3 is 3.36 bits per heavy atom. The van der Waals surface area contributed by atoms with Crippen LogP contribution in [0.3, 0.4) is 0 Å². The molecule has 0 fully saturated rings. The number of hydrogen-bond donors (Lipinski definition) is 0. The zero-order valence-electron chi connectivity index (χ0n) is 5.77. The Morgan fingerprint density at radius 1 is 1.36 bits per heavy atom. The third-order valence-electron chi connectivity index (χ3n) is 1.34. The highest BCUT2D eigenvalue weighted by molar-refractivity contribution is 8.02. The minimum absolute atomic E-state index is 0.947. The monoisotopic (exact) mass is 162 g/mol. The van der Waals surface area contributed by atoms with Crippen molar-refractivity contribution in [3.05, 3.63) is 35.6 Å². The van der Waals surface area contributed by atoms with Gasteiger partial charge in [-0.3, -0.25) is 9.98 Å². The first-order valence-corrected chi connectivity index (χ1v) is 4.15. The first-order chi connectivity index (χ1) is 5.47. The fourth-order valence-corrected chi connectivity index (χ4v) is 1.51. The minimum atomic E-state index is 0.947. The van der Waals surface area contributed by atoms with Gasteiger partial charge < -0.3 is 0 Å². The van der Waals surface area contributed by atoms with Crippen LogP contribution in [0.15, 0.2) is 39.8 Å². The van der Waals surface area contributed by atoms with Gasteiger partial charge in [0.15, 0.2) is 0 Å². The Balaban J connectivity index is 2.52. The molecule has 1 aromatic heterocycles. The van der Waals surface area contributed by atoms with E-state index in [-0.39, 0.29) is 0 Å². The van der Waals surface area contributed by atoms with E-state index >= 15 is 0 Å². The molecule has 0 saturated heterocycles. The standard InChI is InChI=1S/C8H6N2S/c1-2-8-7(10-3-1)6-9-4-5-11-8/h1-6H. The summed E-state index contributed by atoms with van der Waals surface area (Å²) in [5, 5.41) is 1.95. The first-order valence-electron chi connectivity index (χ1n) is 3.27. The quantitative estimate of drug-likeness (QED) is 0.583. The number of hydrogen-bond acceptors (Lipinski definition) is 3. The summed E-state index contributed by atoms with van der Waals surface area (Å²) in [5.41, 5.74) is 0.947. The van der Waals surface area contributed by atoms with Crippen LogP contribution in [0.4, 0.5) is 0 Å². The summed E-state index contributed by atoms with van der Waals surface area (Å²) in [6.45, 7) is 0. The lowest BCUT2D eigenvalue weighted by molar-refractivity contribution is 1.21. The number of fused-ring (bicyclic) bond motifs is 1. The van der Waals surface area contributed by atoms with E-state index in [0.717, 1.165) is 10.6 Å². The van der Waals surface area contributed by atoms with Crippen molar-refractivity contribution < 1.29 is 0 Å². The smallest absolute Gasteiger partial charge is 0.0951 e. The van der Waals surface area contributed by atoms with Crippen LogP contribution in [0.2, 0.25) is 0 Å². The van der Waals surface area contributed by atoms with Gasteiger partial charge in [-0.05, 0) is 17.5 Å². The van der Waals surface area contributed by atoms with Crippen LogP contribution >= 0.6 is 11.8 Å². The van der Waals surface area contributed by atoms with Crippen molar-refractivity contribution in [3.63, 3.8) is 0 Å². The van der Waals surface area contributed by atoms with E-state index in [1.807, 2.05) is 17.5 Å². The SMILES string of the molecule is C1=CSc2cccnc2C=N1. The van der Waals surface area contributed by atoms with E-state index in [1.165, 1.54) is 0 Å². The molecule has 54 valence electrons. The molecule has 2 heterocycles. The largest absolute Gasteiger partial charge is 0.262 e. The minimum Gasteiger partial charge on any atom is -0.262 e. The van der Waals surface area contributed by atoms with Crippen LogP contribution in [-0.2, 0) is 0 Å². The van der Waals surface area contributed by atoms with E-state index in [9.17, 15) is 0 Å². The van der Waals surface area contributed by atoms with Crippen LogP contribution in [0.1, 0.15) is 5.69 Å². The van der Waals surface area contributed by atoms with Gasteiger partial charge in [-0.25, -0.2) is 0 Å².